The van der Waals surface area contributed by atoms with Gasteiger partial charge in [-0.25, -0.2) is 13.1 Å². The van der Waals surface area contributed by atoms with Crippen molar-refractivity contribution in [2.24, 2.45) is 5.92 Å². The number of hydrogen-bond acceptors (Lipinski definition) is 3. The van der Waals surface area contributed by atoms with Crippen LogP contribution in [0.5, 0.6) is 0 Å². The van der Waals surface area contributed by atoms with E-state index >= 15 is 0 Å². The minimum Gasteiger partial charge on any atom is -0.214 e. The van der Waals surface area contributed by atoms with Crippen LogP contribution >= 0.6 is 0 Å². The fourth-order valence-electron chi connectivity index (χ4n) is 1.08. The van der Waals surface area contributed by atoms with Gasteiger partial charge in [0.25, 0.3) is 0 Å². The summed E-state index contributed by atoms with van der Waals surface area (Å²) >= 11 is 0. The Bertz CT molecular complexity index is 274. The Kier molecular flexibility index (Phi) is 3.06. The van der Waals surface area contributed by atoms with Crippen molar-refractivity contribution in [2.75, 3.05) is 12.3 Å². The second-order valence-corrected chi connectivity index (χ2v) is 4.87. The fourth-order valence-corrected chi connectivity index (χ4v) is 1.84. The van der Waals surface area contributed by atoms with Gasteiger partial charge in [-0.1, -0.05) is 6.42 Å². The molecule has 1 N–H and O–H groups in total. The number of nitrogens with one attached hydrogen (secondary N) is 1. The van der Waals surface area contributed by atoms with Crippen LogP contribution in [0.25, 0.3) is 0 Å². The molecule has 0 bridgehead atoms. The summed E-state index contributed by atoms with van der Waals surface area (Å²) in [6, 6.07) is 1.62. The SMILES string of the molecule is N#CCS(=O)(=O)NCC1CCC1. The second kappa shape index (κ2) is 3.87. The first kappa shape index (κ1) is 9.49. The van der Waals surface area contributed by atoms with Crippen molar-refractivity contribution in [1.82, 2.24) is 4.72 Å². The lowest BCUT2D eigenvalue weighted by Gasteiger charge is -2.24. The van der Waals surface area contributed by atoms with Crippen LogP contribution < -0.4 is 4.72 Å². The van der Waals surface area contributed by atoms with E-state index in [4.69, 9.17) is 5.26 Å². The van der Waals surface area contributed by atoms with E-state index in [0.717, 1.165) is 12.8 Å². The van der Waals surface area contributed by atoms with E-state index < -0.39 is 15.8 Å². The molecule has 0 saturated heterocycles. The fraction of sp³-hybridized carbons (Fsp3) is 0.857. The van der Waals surface area contributed by atoms with E-state index in [-0.39, 0.29) is 0 Å². The molecule has 0 spiro atoms. The largest absolute Gasteiger partial charge is 0.225 e. The molecular weight excluding hydrogens is 176 g/mol. The average molecular weight is 188 g/mol. The Morgan fingerprint density at radius 1 is 1.50 bits per heavy atom. The molecule has 0 aromatic rings. The van der Waals surface area contributed by atoms with E-state index in [1.807, 2.05) is 0 Å². The highest BCUT2D eigenvalue weighted by atomic mass is 32.2. The van der Waals surface area contributed by atoms with E-state index in [1.54, 1.807) is 6.07 Å². The van der Waals surface area contributed by atoms with Gasteiger partial charge in [-0.15, -0.1) is 0 Å². The standard InChI is InChI=1S/C7H12N2O2S/c8-4-5-12(10,11)9-6-7-2-1-3-7/h7,9H,1-3,5-6H2. The lowest BCUT2D eigenvalue weighted by atomic mass is 9.86. The minimum atomic E-state index is -3.31. The lowest BCUT2D eigenvalue weighted by molar-refractivity contribution is 0.316. The van der Waals surface area contributed by atoms with Gasteiger partial charge in [0.2, 0.25) is 10.0 Å². The van der Waals surface area contributed by atoms with Gasteiger partial charge in [0, 0.05) is 6.54 Å². The van der Waals surface area contributed by atoms with Crippen molar-refractivity contribution >= 4 is 10.0 Å². The van der Waals surface area contributed by atoms with Crippen LogP contribution in [0.1, 0.15) is 19.3 Å². The molecule has 1 aliphatic rings. The van der Waals surface area contributed by atoms with Crippen molar-refractivity contribution in [1.29, 1.82) is 5.26 Å². The summed E-state index contributed by atoms with van der Waals surface area (Å²) in [4.78, 5) is 0. The topological polar surface area (TPSA) is 70.0 Å². The third-order valence-corrected chi connectivity index (χ3v) is 3.19. The number of hydrogen-bond donors (Lipinski definition) is 1. The Balaban J connectivity index is 2.25. The number of nitriles is 1. The van der Waals surface area contributed by atoms with E-state index in [1.165, 1.54) is 6.42 Å². The monoisotopic (exact) mass is 188 g/mol. The third kappa shape index (κ3) is 2.80. The molecule has 1 rings (SSSR count). The highest BCUT2D eigenvalue weighted by Crippen LogP contribution is 2.25. The van der Waals surface area contributed by atoms with Crippen LogP contribution in [0, 0.1) is 17.2 Å². The normalized spacial score (nSPS) is 18.2. The molecule has 5 heteroatoms. The summed E-state index contributed by atoms with van der Waals surface area (Å²) in [5.74, 6) is 0.0677. The molecule has 0 aliphatic heterocycles. The Morgan fingerprint density at radius 3 is 2.58 bits per heavy atom. The highest BCUT2D eigenvalue weighted by molar-refractivity contribution is 7.89. The first-order valence-electron chi connectivity index (χ1n) is 3.98. The van der Waals surface area contributed by atoms with E-state index in [9.17, 15) is 8.42 Å². The van der Waals surface area contributed by atoms with Crippen LogP contribution in [0.4, 0.5) is 0 Å². The van der Waals surface area contributed by atoms with E-state index in [2.05, 4.69) is 4.72 Å². The predicted octanol–water partition coefficient (Wildman–Crippen LogP) is 0.229. The lowest BCUT2D eigenvalue weighted by Crippen LogP contribution is -2.33. The third-order valence-electron chi connectivity index (χ3n) is 2.07. The van der Waals surface area contributed by atoms with Crippen LogP contribution in [-0.4, -0.2) is 20.7 Å². The first-order valence-corrected chi connectivity index (χ1v) is 5.63. The maximum atomic E-state index is 10.9. The van der Waals surface area contributed by atoms with Crippen molar-refractivity contribution in [3.63, 3.8) is 0 Å². The highest BCUT2D eigenvalue weighted by Gasteiger charge is 2.19. The van der Waals surface area contributed by atoms with Gasteiger partial charge in [-0.05, 0) is 18.8 Å². The van der Waals surface area contributed by atoms with Gasteiger partial charge >= 0.3 is 0 Å². The summed E-state index contributed by atoms with van der Waals surface area (Å²) in [6.07, 6.45) is 3.41. The summed E-state index contributed by atoms with van der Waals surface area (Å²) < 4.78 is 24.3. The molecule has 1 fully saturated rings. The van der Waals surface area contributed by atoms with Gasteiger partial charge in [-0.2, -0.15) is 5.26 Å². The van der Waals surface area contributed by atoms with Crippen LogP contribution in [0.2, 0.25) is 0 Å². The van der Waals surface area contributed by atoms with Gasteiger partial charge in [-0.3, -0.25) is 0 Å². The molecule has 1 aliphatic carbocycles. The zero-order valence-corrected chi connectivity index (χ0v) is 7.60. The minimum absolute atomic E-state index is 0.431. The molecule has 0 unspecified atom stereocenters. The predicted molar refractivity (Wildman–Crippen MR) is 44.7 cm³/mol. The smallest absolute Gasteiger partial charge is 0.214 e. The maximum Gasteiger partial charge on any atom is 0.225 e. The maximum absolute atomic E-state index is 10.9. The molecule has 0 amide bonds. The Hall–Kier alpha value is -0.600. The summed E-state index contributed by atoms with van der Waals surface area (Å²) in [6.45, 7) is 0.504. The van der Waals surface area contributed by atoms with Gasteiger partial charge in [0.15, 0.2) is 5.75 Å². The van der Waals surface area contributed by atoms with Crippen LogP contribution in [0.15, 0.2) is 0 Å². The zero-order valence-electron chi connectivity index (χ0n) is 6.78. The van der Waals surface area contributed by atoms with Crippen molar-refractivity contribution < 1.29 is 8.42 Å². The first-order chi connectivity index (χ1) is 5.64. The van der Waals surface area contributed by atoms with Crippen molar-refractivity contribution in [3.05, 3.63) is 0 Å². The zero-order chi connectivity index (χ0) is 9.03. The molecule has 0 aromatic carbocycles. The molecule has 12 heavy (non-hydrogen) atoms. The number of rotatable bonds is 4. The second-order valence-electron chi connectivity index (χ2n) is 3.06. The summed E-state index contributed by atoms with van der Waals surface area (Å²) in [5, 5.41) is 8.17. The summed E-state index contributed by atoms with van der Waals surface area (Å²) in [7, 11) is -3.31. The molecule has 0 radical (unpaired) electrons. The Morgan fingerprint density at radius 2 is 2.17 bits per heavy atom. The molecule has 4 nitrogen and oxygen atoms in total. The number of nitrogens with zero attached hydrogens (tertiary/aromatic N) is 1. The van der Waals surface area contributed by atoms with Gasteiger partial charge < -0.3 is 0 Å². The van der Waals surface area contributed by atoms with Crippen LogP contribution in [0.3, 0.4) is 0 Å². The Labute approximate surface area is 72.6 Å². The summed E-state index contributed by atoms with van der Waals surface area (Å²) in [5.41, 5.74) is 0. The van der Waals surface area contributed by atoms with Gasteiger partial charge in [0.05, 0.1) is 6.07 Å². The molecule has 0 heterocycles. The molecule has 0 aromatic heterocycles. The molecule has 68 valence electrons. The van der Waals surface area contributed by atoms with E-state index in [0.29, 0.717) is 12.5 Å². The quantitative estimate of drug-likeness (QED) is 0.686. The molecule has 1 saturated carbocycles. The van der Waals surface area contributed by atoms with Gasteiger partial charge in [0.1, 0.15) is 0 Å². The number of sulfonamides is 1. The molecule has 0 atom stereocenters. The van der Waals surface area contributed by atoms with Crippen molar-refractivity contribution in [3.8, 4) is 6.07 Å². The molecular formula is C7H12N2O2S. The van der Waals surface area contributed by atoms with Crippen LogP contribution in [-0.2, 0) is 10.0 Å². The van der Waals surface area contributed by atoms with Crippen molar-refractivity contribution in [2.45, 2.75) is 19.3 Å². The average Bonchev–Trinajstić information content (AvgIpc) is 1.82.